The van der Waals surface area contributed by atoms with E-state index in [1.165, 1.54) is 43.6 Å². The van der Waals surface area contributed by atoms with Crippen LogP contribution in [0.5, 0.6) is 0 Å². The van der Waals surface area contributed by atoms with Crippen molar-refractivity contribution >= 4 is 32.5 Å². The van der Waals surface area contributed by atoms with E-state index in [0.717, 1.165) is 34.5 Å². The largest absolute Gasteiger partial charge is 0.333 e. The Morgan fingerprint density at radius 2 is 1.45 bits per heavy atom. The Balaban J connectivity index is 0.00000343. The van der Waals surface area contributed by atoms with Gasteiger partial charge in [-0.25, -0.2) is 0 Å². The predicted octanol–water partition coefficient (Wildman–Crippen LogP) is 10.6. The summed E-state index contributed by atoms with van der Waals surface area (Å²) in [5, 5.41) is 4.86. The number of aromatic nitrogens is 3. The Hall–Kier alpha value is -3.89. The van der Waals surface area contributed by atoms with Gasteiger partial charge in [-0.15, -0.1) is 11.5 Å². The average molecular weight is 769 g/mol. The number of hydrogen-bond acceptors (Lipinski definition) is 3. The van der Waals surface area contributed by atoms with Gasteiger partial charge >= 0.3 is 0 Å². The van der Waals surface area contributed by atoms with E-state index in [0.29, 0.717) is 11.8 Å². The molecule has 5 heteroatoms. The van der Waals surface area contributed by atoms with Crippen molar-refractivity contribution < 1.29 is 20.1 Å². The minimum Gasteiger partial charge on any atom is -0.333 e. The zero-order valence-electron chi connectivity index (χ0n) is 25.3. The van der Waals surface area contributed by atoms with Gasteiger partial charge in [0, 0.05) is 44.1 Å². The number of hydrogen-bond donors (Lipinski definition) is 0. The smallest absolute Gasteiger partial charge is 0.0774 e. The SMILES string of the molecule is CC(C)c1cc(-c2ccccc2)cc(C(C)C)c1-n1c(-c2[c-]sc3ccc(Cc4ccccn4)cc23)nc2ccccc21.[Ir]. The van der Waals surface area contributed by atoms with E-state index in [-0.39, 0.29) is 20.1 Å². The van der Waals surface area contributed by atoms with Gasteiger partial charge in [0.05, 0.1) is 16.9 Å². The molecule has 0 amide bonds. The van der Waals surface area contributed by atoms with E-state index in [1.807, 2.05) is 12.3 Å². The zero-order chi connectivity index (χ0) is 29.5. The van der Waals surface area contributed by atoms with Crippen molar-refractivity contribution in [3.63, 3.8) is 0 Å². The number of pyridine rings is 1. The summed E-state index contributed by atoms with van der Waals surface area (Å²) in [4.78, 5) is 9.87. The predicted molar refractivity (Wildman–Crippen MR) is 181 cm³/mol. The van der Waals surface area contributed by atoms with Crippen molar-refractivity contribution in [3.05, 3.63) is 137 Å². The fraction of sp³-hybridized carbons (Fsp3) is 0.179. The summed E-state index contributed by atoms with van der Waals surface area (Å²) in [7, 11) is 0. The summed E-state index contributed by atoms with van der Waals surface area (Å²) in [5.41, 5.74) is 11.9. The van der Waals surface area contributed by atoms with Crippen LogP contribution in [0.15, 0.2) is 109 Å². The van der Waals surface area contributed by atoms with Gasteiger partial charge in [-0.3, -0.25) is 21.3 Å². The maximum Gasteiger partial charge on any atom is 0.0774 e. The Bertz CT molecular complexity index is 2030. The van der Waals surface area contributed by atoms with Crippen molar-refractivity contribution in [1.82, 2.24) is 14.5 Å². The van der Waals surface area contributed by atoms with Gasteiger partial charge in [0.1, 0.15) is 0 Å². The Labute approximate surface area is 277 Å². The summed E-state index contributed by atoms with van der Waals surface area (Å²) in [5.74, 6) is 1.58. The first-order valence-corrected chi connectivity index (χ1v) is 15.8. The molecule has 1 radical (unpaired) electrons. The molecule has 0 spiro atoms. The zero-order valence-corrected chi connectivity index (χ0v) is 28.5. The quantitative estimate of drug-likeness (QED) is 0.151. The molecule has 3 nitrogen and oxygen atoms in total. The van der Waals surface area contributed by atoms with Crippen LogP contribution >= 0.6 is 11.3 Å². The van der Waals surface area contributed by atoms with E-state index in [9.17, 15) is 0 Å². The molecule has 44 heavy (non-hydrogen) atoms. The van der Waals surface area contributed by atoms with Gasteiger partial charge in [0.15, 0.2) is 0 Å². The second kappa shape index (κ2) is 12.6. The summed E-state index contributed by atoms with van der Waals surface area (Å²) in [6, 6.07) is 36.9. The molecule has 0 aliphatic heterocycles. The van der Waals surface area contributed by atoms with E-state index >= 15 is 0 Å². The molecule has 0 fully saturated rings. The van der Waals surface area contributed by atoms with Crippen molar-refractivity contribution in [2.75, 3.05) is 0 Å². The van der Waals surface area contributed by atoms with Crippen LogP contribution in [0.1, 0.15) is 61.9 Å². The second-order valence-corrected chi connectivity index (χ2v) is 12.7. The summed E-state index contributed by atoms with van der Waals surface area (Å²) < 4.78 is 3.63. The molecular weight excluding hydrogens is 735 g/mol. The monoisotopic (exact) mass is 769 g/mol. The van der Waals surface area contributed by atoms with Crippen LogP contribution in [0.25, 0.3) is 49.3 Å². The van der Waals surface area contributed by atoms with Gasteiger partial charge in [0.2, 0.25) is 0 Å². The van der Waals surface area contributed by atoms with Crippen molar-refractivity contribution in [2.45, 2.75) is 46.0 Å². The van der Waals surface area contributed by atoms with Gasteiger partial charge in [-0.1, -0.05) is 110 Å². The molecule has 0 N–H and O–H groups in total. The molecule has 3 heterocycles. The van der Waals surface area contributed by atoms with Gasteiger partial charge in [-0.2, -0.15) is 0 Å². The van der Waals surface area contributed by atoms with Crippen molar-refractivity contribution in [2.24, 2.45) is 0 Å². The minimum atomic E-state index is 0. The summed E-state index contributed by atoms with van der Waals surface area (Å²) >= 11 is 1.66. The van der Waals surface area contributed by atoms with Gasteiger partial charge in [-0.05, 0) is 70.5 Å². The minimum absolute atomic E-state index is 0. The van der Waals surface area contributed by atoms with E-state index < -0.39 is 0 Å². The number of nitrogens with zero attached hydrogens (tertiary/aromatic N) is 3. The Morgan fingerprint density at radius 1 is 0.750 bits per heavy atom. The van der Waals surface area contributed by atoms with Crippen LogP contribution in [0.2, 0.25) is 0 Å². The second-order valence-electron chi connectivity index (χ2n) is 11.8. The summed E-state index contributed by atoms with van der Waals surface area (Å²) in [6.45, 7) is 9.19. The molecule has 7 aromatic rings. The maximum atomic E-state index is 5.30. The molecular formula is C39H34IrN3S-. The molecule has 0 atom stereocenters. The number of para-hydroxylation sites is 2. The number of thiophene rings is 1. The van der Waals surface area contributed by atoms with E-state index in [4.69, 9.17) is 4.98 Å². The first-order chi connectivity index (χ1) is 21.0. The first kappa shape index (κ1) is 30.1. The van der Waals surface area contributed by atoms with Crippen LogP contribution in [0, 0.1) is 5.38 Å². The number of rotatable bonds is 7. The molecule has 0 unspecified atom stereocenters. The summed E-state index contributed by atoms with van der Waals surface area (Å²) in [6.07, 6.45) is 2.65. The van der Waals surface area contributed by atoms with Crippen molar-refractivity contribution in [3.8, 4) is 28.2 Å². The molecule has 3 aromatic heterocycles. The number of benzene rings is 4. The molecule has 7 rings (SSSR count). The van der Waals surface area contributed by atoms with Gasteiger partial charge in [0.25, 0.3) is 0 Å². The van der Waals surface area contributed by atoms with Crippen LogP contribution in [-0.4, -0.2) is 14.5 Å². The standard InChI is InChI=1S/C39H34N3S.Ir/c1-25(2)31-22-29(28-12-6-5-7-13-28)23-32(26(3)4)38(31)42-36-16-9-8-15-35(36)41-39(42)34-24-43-37-18-17-27(21-33(34)37)20-30-14-10-11-19-40-30;/h5-19,21-23,25-26H,20H2,1-4H3;/q-1;. The Kier molecular flexibility index (Phi) is 8.64. The van der Waals surface area contributed by atoms with Crippen LogP contribution < -0.4 is 0 Å². The topological polar surface area (TPSA) is 30.7 Å². The normalized spacial score (nSPS) is 11.5. The fourth-order valence-corrected chi connectivity index (χ4v) is 6.87. The molecule has 221 valence electrons. The molecule has 4 aromatic carbocycles. The fourth-order valence-electron chi connectivity index (χ4n) is 6.05. The van der Waals surface area contributed by atoms with E-state index in [2.05, 4.69) is 140 Å². The first-order valence-electron chi connectivity index (χ1n) is 15.0. The third kappa shape index (κ3) is 5.57. The molecule has 0 bridgehead atoms. The third-order valence-electron chi connectivity index (χ3n) is 8.22. The van der Waals surface area contributed by atoms with E-state index in [1.54, 1.807) is 11.3 Å². The molecule has 0 saturated carbocycles. The molecule has 0 aliphatic rings. The van der Waals surface area contributed by atoms with Crippen LogP contribution in [0.4, 0.5) is 0 Å². The Morgan fingerprint density at radius 3 is 2.16 bits per heavy atom. The maximum absolute atomic E-state index is 5.30. The van der Waals surface area contributed by atoms with Crippen LogP contribution in [0.3, 0.4) is 0 Å². The third-order valence-corrected chi connectivity index (χ3v) is 9.10. The average Bonchev–Trinajstić information content (AvgIpc) is 3.62. The van der Waals surface area contributed by atoms with Gasteiger partial charge < -0.3 is 4.57 Å². The van der Waals surface area contributed by atoms with Crippen molar-refractivity contribution in [1.29, 1.82) is 0 Å². The molecule has 0 aliphatic carbocycles. The molecule has 0 saturated heterocycles. The number of fused-ring (bicyclic) bond motifs is 2. The van der Waals surface area contributed by atoms with Crippen LogP contribution in [-0.2, 0) is 26.5 Å². The number of imidazole rings is 1.